The van der Waals surface area contributed by atoms with Crippen LogP contribution < -0.4 is 5.32 Å². The molecule has 5 heteroatoms. The maximum absolute atomic E-state index is 12.7. The fourth-order valence-electron chi connectivity index (χ4n) is 1.69. The van der Waals surface area contributed by atoms with Gasteiger partial charge < -0.3 is 5.32 Å². The Morgan fingerprint density at radius 1 is 1.25 bits per heavy atom. The van der Waals surface area contributed by atoms with E-state index in [-0.39, 0.29) is 23.1 Å². The molecular weight excluding hydrogens is 257 g/mol. The van der Waals surface area contributed by atoms with Crippen molar-refractivity contribution in [3.8, 4) is 6.07 Å². The molecule has 1 amide bonds. The van der Waals surface area contributed by atoms with E-state index in [1.54, 1.807) is 24.3 Å². The molecule has 0 aliphatic carbocycles. The van der Waals surface area contributed by atoms with Crippen LogP contribution in [0, 0.1) is 17.1 Å². The van der Waals surface area contributed by atoms with Crippen LogP contribution in [0.15, 0.2) is 42.5 Å². The normalized spacial score (nSPS) is 9.80. The van der Waals surface area contributed by atoms with Crippen molar-refractivity contribution in [3.63, 3.8) is 0 Å². The molecule has 100 valence electrons. The number of rotatable bonds is 4. The van der Waals surface area contributed by atoms with Gasteiger partial charge in [0.1, 0.15) is 23.3 Å². The summed E-state index contributed by atoms with van der Waals surface area (Å²) in [6.45, 7) is 0.420. The first kappa shape index (κ1) is 13.7. The molecule has 0 saturated heterocycles. The van der Waals surface area contributed by atoms with Gasteiger partial charge in [-0.2, -0.15) is 5.26 Å². The van der Waals surface area contributed by atoms with Crippen molar-refractivity contribution in [1.82, 2.24) is 10.3 Å². The lowest BCUT2D eigenvalue weighted by atomic mass is 10.1. The zero-order chi connectivity index (χ0) is 14.4. The lowest BCUT2D eigenvalue weighted by Crippen LogP contribution is -2.26. The van der Waals surface area contributed by atoms with E-state index in [0.717, 1.165) is 5.56 Å². The fourth-order valence-corrected chi connectivity index (χ4v) is 1.69. The Morgan fingerprint density at radius 2 is 2.00 bits per heavy atom. The number of amides is 1. The van der Waals surface area contributed by atoms with Crippen LogP contribution in [-0.2, 0) is 6.42 Å². The second-order valence-corrected chi connectivity index (χ2v) is 4.15. The van der Waals surface area contributed by atoms with Gasteiger partial charge in [0.15, 0.2) is 0 Å². The van der Waals surface area contributed by atoms with Gasteiger partial charge in [-0.25, -0.2) is 9.37 Å². The highest BCUT2D eigenvalue weighted by molar-refractivity contribution is 5.92. The summed E-state index contributed by atoms with van der Waals surface area (Å²) in [5.74, 6) is -0.612. The molecule has 20 heavy (non-hydrogen) atoms. The van der Waals surface area contributed by atoms with E-state index in [1.165, 1.54) is 18.2 Å². The summed E-state index contributed by atoms with van der Waals surface area (Å²) in [6, 6.07) is 12.7. The summed E-state index contributed by atoms with van der Waals surface area (Å²) in [5, 5.41) is 11.4. The third-order valence-corrected chi connectivity index (χ3v) is 2.71. The number of benzene rings is 1. The first-order chi connectivity index (χ1) is 9.69. The molecule has 0 fully saturated rings. The van der Waals surface area contributed by atoms with Crippen LogP contribution in [0.3, 0.4) is 0 Å². The topological polar surface area (TPSA) is 65.8 Å². The molecule has 2 aromatic rings. The summed E-state index contributed by atoms with van der Waals surface area (Å²) >= 11 is 0. The largest absolute Gasteiger partial charge is 0.350 e. The predicted octanol–water partition coefficient (Wildman–Crippen LogP) is 2.06. The summed E-state index contributed by atoms with van der Waals surface area (Å²) in [4.78, 5) is 15.7. The van der Waals surface area contributed by atoms with Crippen LogP contribution >= 0.6 is 0 Å². The van der Waals surface area contributed by atoms with Gasteiger partial charge in [0.05, 0.1) is 0 Å². The molecule has 2 rings (SSSR count). The van der Waals surface area contributed by atoms with Crippen LogP contribution in [0.2, 0.25) is 0 Å². The number of carbonyl (C=O) groups is 1. The lowest BCUT2D eigenvalue weighted by molar-refractivity contribution is 0.0949. The summed E-state index contributed by atoms with van der Waals surface area (Å²) < 4.78 is 12.7. The Kier molecular flexibility index (Phi) is 4.40. The van der Waals surface area contributed by atoms with Crippen molar-refractivity contribution in [1.29, 1.82) is 5.26 Å². The zero-order valence-electron chi connectivity index (χ0n) is 10.6. The van der Waals surface area contributed by atoms with Gasteiger partial charge in [0.25, 0.3) is 5.91 Å². The Bertz CT molecular complexity index is 647. The van der Waals surface area contributed by atoms with Crippen molar-refractivity contribution in [2.45, 2.75) is 6.42 Å². The average Bonchev–Trinajstić information content (AvgIpc) is 2.49. The summed E-state index contributed by atoms with van der Waals surface area (Å²) in [6.07, 6.45) is 0.601. The Morgan fingerprint density at radius 3 is 2.70 bits per heavy atom. The molecule has 0 saturated carbocycles. The molecule has 1 heterocycles. The minimum Gasteiger partial charge on any atom is -0.350 e. The van der Waals surface area contributed by atoms with Gasteiger partial charge >= 0.3 is 0 Å². The van der Waals surface area contributed by atoms with Crippen LogP contribution in [0.1, 0.15) is 21.7 Å². The van der Waals surface area contributed by atoms with Crippen LogP contribution in [0.25, 0.3) is 0 Å². The molecule has 1 N–H and O–H groups in total. The molecule has 0 aliphatic rings. The standard InChI is InChI=1S/C15H12FN3O/c16-12-6-4-11(5-7-12)8-9-18-15(20)14-3-1-2-13(10-17)19-14/h1-7H,8-9H2,(H,18,20). The van der Waals surface area contributed by atoms with E-state index in [1.807, 2.05) is 6.07 Å². The molecule has 4 nitrogen and oxygen atoms in total. The lowest BCUT2D eigenvalue weighted by Gasteiger charge is -2.05. The van der Waals surface area contributed by atoms with Gasteiger partial charge in [0.2, 0.25) is 0 Å². The summed E-state index contributed by atoms with van der Waals surface area (Å²) in [5.41, 5.74) is 1.35. The monoisotopic (exact) mass is 269 g/mol. The Labute approximate surface area is 115 Å². The van der Waals surface area contributed by atoms with E-state index in [9.17, 15) is 9.18 Å². The van der Waals surface area contributed by atoms with Crippen molar-refractivity contribution in [3.05, 3.63) is 65.2 Å². The number of hydrogen-bond acceptors (Lipinski definition) is 3. The number of nitriles is 1. The van der Waals surface area contributed by atoms with Gasteiger partial charge in [-0.15, -0.1) is 0 Å². The van der Waals surface area contributed by atoms with Crippen molar-refractivity contribution >= 4 is 5.91 Å². The number of hydrogen-bond donors (Lipinski definition) is 1. The van der Waals surface area contributed by atoms with Crippen molar-refractivity contribution in [2.24, 2.45) is 0 Å². The average molecular weight is 269 g/mol. The Balaban J connectivity index is 1.89. The number of nitrogens with one attached hydrogen (secondary N) is 1. The third kappa shape index (κ3) is 3.62. The number of halogens is 1. The first-order valence-electron chi connectivity index (χ1n) is 6.09. The molecule has 0 atom stereocenters. The number of carbonyl (C=O) groups excluding carboxylic acids is 1. The highest BCUT2D eigenvalue weighted by Gasteiger charge is 2.07. The van der Waals surface area contributed by atoms with Crippen molar-refractivity contribution in [2.75, 3.05) is 6.54 Å². The number of aromatic nitrogens is 1. The first-order valence-corrected chi connectivity index (χ1v) is 6.09. The maximum Gasteiger partial charge on any atom is 0.269 e. The van der Waals surface area contributed by atoms with Gasteiger partial charge in [0, 0.05) is 6.54 Å². The molecule has 0 bridgehead atoms. The molecule has 1 aromatic carbocycles. The van der Waals surface area contributed by atoms with E-state index in [4.69, 9.17) is 5.26 Å². The van der Waals surface area contributed by atoms with E-state index < -0.39 is 0 Å². The van der Waals surface area contributed by atoms with Crippen molar-refractivity contribution < 1.29 is 9.18 Å². The second-order valence-electron chi connectivity index (χ2n) is 4.15. The van der Waals surface area contributed by atoms with E-state index in [0.29, 0.717) is 13.0 Å². The third-order valence-electron chi connectivity index (χ3n) is 2.71. The van der Waals surface area contributed by atoms with Gasteiger partial charge in [-0.1, -0.05) is 18.2 Å². The van der Waals surface area contributed by atoms with E-state index in [2.05, 4.69) is 10.3 Å². The molecule has 0 unspecified atom stereocenters. The number of pyridine rings is 1. The summed E-state index contributed by atoms with van der Waals surface area (Å²) in [7, 11) is 0. The van der Waals surface area contributed by atoms with Gasteiger partial charge in [-0.05, 0) is 36.2 Å². The van der Waals surface area contributed by atoms with Crippen LogP contribution in [0.5, 0.6) is 0 Å². The smallest absolute Gasteiger partial charge is 0.269 e. The SMILES string of the molecule is N#Cc1cccc(C(=O)NCCc2ccc(F)cc2)n1. The molecule has 1 aromatic heterocycles. The maximum atomic E-state index is 12.7. The second kappa shape index (κ2) is 6.43. The minimum atomic E-state index is -0.329. The van der Waals surface area contributed by atoms with Crippen LogP contribution in [0.4, 0.5) is 4.39 Å². The zero-order valence-corrected chi connectivity index (χ0v) is 10.6. The minimum absolute atomic E-state index is 0.205. The highest BCUT2D eigenvalue weighted by atomic mass is 19.1. The quantitative estimate of drug-likeness (QED) is 0.924. The molecular formula is C15H12FN3O. The number of nitrogens with zero attached hydrogens (tertiary/aromatic N) is 2. The molecule has 0 aliphatic heterocycles. The van der Waals surface area contributed by atoms with Gasteiger partial charge in [-0.3, -0.25) is 4.79 Å². The predicted molar refractivity (Wildman–Crippen MR) is 71.4 cm³/mol. The highest BCUT2D eigenvalue weighted by Crippen LogP contribution is 2.03. The molecule has 0 spiro atoms. The fraction of sp³-hybridized carbons (Fsp3) is 0.133. The van der Waals surface area contributed by atoms with E-state index >= 15 is 0 Å². The molecule has 0 radical (unpaired) electrons. The Hall–Kier alpha value is -2.74. The van der Waals surface area contributed by atoms with Crippen LogP contribution in [-0.4, -0.2) is 17.4 Å².